The molecule has 0 saturated carbocycles. The van der Waals surface area contributed by atoms with Crippen LogP contribution in [0.25, 0.3) is 0 Å². The molecule has 0 amide bonds. The number of nitrogens with zero attached hydrogens (tertiary/aromatic N) is 1. The quantitative estimate of drug-likeness (QED) is 0.635. The average Bonchev–Trinajstić information content (AvgIpc) is 1.79. The lowest BCUT2D eigenvalue weighted by Crippen LogP contribution is -2.21. The molecule has 0 heterocycles. The minimum Gasteiger partial charge on any atom is -0.309 e. The summed E-state index contributed by atoms with van der Waals surface area (Å²) in [4.78, 5) is 1.91. The molecule has 1 unspecified atom stereocenters. The molecular formula is C6H15NO4S. The standard InChI is InChI=1S/C6H15NO4S/c1-6(4-5-7(2)3)11-12(8,9)10/h6H,4-5H2,1-3H3,(H,8,9,10). The molecule has 1 N–H and O–H groups in total. The van der Waals surface area contributed by atoms with Crippen LogP contribution in [0.2, 0.25) is 0 Å². The van der Waals surface area contributed by atoms with Crippen LogP contribution in [0.15, 0.2) is 0 Å². The molecule has 12 heavy (non-hydrogen) atoms. The normalized spacial score (nSPS) is 15.1. The molecule has 0 bridgehead atoms. The largest absolute Gasteiger partial charge is 0.397 e. The van der Waals surface area contributed by atoms with Crippen molar-refractivity contribution in [3.05, 3.63) is 0 Å². The van der Waals surface area contributed by atoms with Crippen LogP contribution in [0.1, 0.15) is 13.3 Å². The van der Waals surface area contributed by atoms with Crippen molar-refractivity contribution in [1.82, 2.24) is 4.90 Å². The Kier molecular flexibility index (Phi) is 4.69. The molecule has 0 spiro atoms. The van der Waals surface area contributed by atoms with Crippen molar-refractivity contribution < 1.29 is 17.2 Å². The number of rotatable bonds is 5. The molecule has 0 radical (unpaired) electrons. The molecule has 1 atom stereocenters. The zero-order valence-corrected chi connectivity index (χ0v) is 8.34. The van der Waals surface area contributed by atoms with E-state index >= 15 is 0 Å². The van der Waals surface area contributed by atoms with Crippen LogP contribution in [-0.2, 0) is 14.6 Å². The van der Waals surface area contributed by atoms with Gasteiger partial charge in [-0.3, -0.25) is 4.55 Å². The second-order valence-corrected chi connectivity index (χ2v) is 3.97. The fourth-order valence-electron chi connectivity index (χ4n) is 0.696. The lowest BCUT2D eigenvalue weighted by Gasteiger charge is -2.13. The van der Waals surface area contributed by atoms with Gasteiger partial charge in [0.15, 0.2) is 0 Å². The van der Waals surface area contributed by atoms with Crippen LogP contribution in [0.4, 0.5) is 0 Å². The van der Waals surface area contributed by atoms with Gasteiger partial charge in [0.1, 0.15) is 0 Å². The van der Waals surface area contributed by atoms with Crippen molar-refractivity contribution in [2.24, 2.45) is 0 Å². The first-order valence-electron chi connectivity index (χ1n) is 3.61. The van der Waals surface area contributed by atoms with Gasteiger partial charge in [-0.25, -0.2) is 4.18 Å². The molecule has 0 aliphatic carbocycles. The highest BCUT2D eigenvalue weighted by molar-refractivity contribution is 7.80. The Hall–Kier alpha value is -0.170. The van der Waals surface area contributed by atoms with Crippen molar-refractivity contribution in [3.63, 3.8) is 0 Å². The molecule has 74 valence electrons. The molecule has 0 aliphatic heterocycles. The van der Waals surface area contributed by atoms with E-state index < -0.39 is 16.5 Å². The first-order valence-corrected chi connectivity index (χ1v) is 4.98. The van der Waals surface area contributed by atoms with Crippen LogP contribution in [0.3, 0.4) is 0 Å². The van der Waals surface area contributed by atoms with Gasteiger partial charge in [-0.15, -0.1) is 0 Å². The maximum absolute atomic E-state index is 10.2. The zero-order chi connectivity index (χ0) is 9.78. The Balaban J connectivity index is 3.68. The zero-order valence-electron chi connectivity index (χ0n) is 7.52. The Labute approximate surface area is 73.3 Å². The smallest absolute Gasteiger partial charge is 0.309 e. The lowest BCUT2D eigenvalue weighted by molar-refractivity contribution is 0.177. The van der Waals surface area contributed by atoms with Crippen molar-refractivity contribution in [2.75, 3.05) is 20.6 Å². The molecular weight excluding hydrogens is 182 g/mol. The van der Waals surface area contributed by atoms with Crippen molar-refractivity contribution in [2.45, 2.75) is 19.4 Å². The summed E-state index contributed by atoms with van der Waals surface area (Å²) in [5.41, 5.74) is 0. The van der Waals surface area contributed by atoms with Crippen molar-refractivity contribution in [1.29, 1.82) is 0 Å². The average molecular weight is 197 g/mol. The number of hydrogen-bond donors (Lipinski definition) is 1. The van der Waals surface area contributed by atoms with Gasteiger partial charge in [0, 0.05) is 6.54 Å². The SMILES string of the molecule is CC(CCN(C)C)OS(=O)(=O)O. The van der Waals surface area contributed by atoms with E-state index in [4.69, 9.17) is 4.55 Å². The topological polar surface area (TPSA) is 66.8 Å². The predicted octanol–water partition coefficient (Wildman–Crippen LogP) is 0.146. The minimum absolute atomic E-state index is 0.484. The minimum atomic E-state index is -4.29. The second-order valence-electron chi connectivity index (χ2n) is 2.93. The molecule has 0 saturated heterocycles. The fraction of sp³-hybridized carbons (Fsp3) is 1.00. The monoisotopic (exact) mass is 197 g/mol. The van der Waals surface area contributed by atoms with Crippen LogP contribution in [0, 0.1) is 0 Å². The van der Waals surface area contributed by atoms with Crippen LogP contribution in [-0.4, -0.2) is 44.6 Å². The van der Waals surface area contributed by atoms with Crippen LogP contribution < -0.4 is 0 Å². The summed E-state index contributed by atoms with van der Waals surface area (Å²) in [5.74, 6) is 0. The summed E-state index contributed by atoms with van der Waals surface area (Å²) in [6, 6.07) is 0. The van der Waals surface area contributed by atoms with E-state index in [1.54, 1.807) is 6.92 Å². The summed E-state index contributed by atoms with van der Waals surface area (Å²) in [5, 5.41) is 0. The van der Waals surface area contributed by atoms with Gasteiger partial charge >= 0.3 is 10.4 Å². The van der Waals surface area contributed by atoms with Gasteiger partial charge in [0.25, 0.3) is 0 Å². The van der Waals surface area contributed by atoms with E-state index in [1.165, 1.54) is 0 Å². The van der Waals surface area contributed by atoms with E-state index in [0.717, 1.165) is 6.54 Å². The highest BCUT2D eigenvalue weighted by Crippen LogP contribution is 2.01. The third kappa shape index (κ3) is 7.93. The first-order chi connectivity index (χ1) is 5.31. The van der Waals surface area contributed by atoms with E-state index in [9.17, 15) is 8.42 Å². The molecule has 0 aromatic heterocycles. The molecule has 5 nitrogen and oxygen atoms in total. The second kappa shape index (κ2) is 4.76. The Morgan fingerprint density at radius 2 is 2.00 bits per heavy atom. The van der Waals surface area contributed by atoms with E-state index in [2.05, 4.69) is 4.18 Å². The summed E-state index contributed by atoms with van der Waals surface area (Å²) in [6.07, 6.45) is 0.0784. The van der Waals surface area contributed by atoms with Gasteiger partial charge in [-0.2, -0.15) is 8.42 Å². The Bertz CT molecular complexity index is 212. The van der Waals surface area contributed by atoms with Crippen molar-refractivity contribution in [3.8, 4) is 0 Å². The Morgan fingerprint density at radius 3 is 2.33 bits per heavy atom. The van der Waals surface area contributed by atoms with Gasteiger partial charge in [0.05, 0.1) is 6.10 Å². The predicted molar refractivity (Wildman–Crippen MR) is 45.3 cm³/mol. The van der Waals surface area contributed by atoms with E-state index in [1.807, 2.05) is 19.0 Å². The van der Waals surface area contributed by atoms with Gasteiger partial charge in [-0.05, 0) is 27.4 Å². The van der Waals surface area contributed by atoms with Crippen LogP contribution in [0.5, 0.6) is 0 Å². The van der Waals surface area contributed by atoms with Crippen molar-refractivity contribution >= 4 is 10.4 Å². The maximum atomic E-state index is 10.2. The van der Waals surface area contributed by atoms with E-state index in [-0.39, 0.29) is 0 Å². The summed E-state index contributed by atoms with van der Waals surface area (Å²) in [7, 11) is -0.539. The summed E-state index contributed by atoms with van der Waals surface area (Å²) >= 11 is 0. The molecule has 0 rings (SSSR count). The highest BCUT2D eigenvalue weighted by Gasteiger charge is 2.11. The fourth-order valence-corrected chi connectivity index (χ4v) is 1.21. The van der Waals surface area contributed by atoms with E-state index in [0.29, 0.717) is 6.42 Å². The van der Waals surface area contributed by atoms with Crippen LogP contribution >= 0.6 is 0 Å². The molecule has 0 aliphatic rings. The highest BCUT2D eigenvalue weighted by atomic mass is 32.3. The maximum Gasteiger partial charge on any atom is 0.397 e. The third-order valence-corrected chi connectivity index (χ3v) is 1.84. The summed E-state index contributed by atoms with van der Waals surface area (Å²) in [6.45, 7) is 2.31. The molecule has 0 aromatic rings. The molecule has 0 fully saturated rings. The summed E-state index contributed by atoms with van der Waals surface area (Å²) < 4.78 is 33.0. The third-order valence-electron chi connectivity index (χ3n) is 1.27. The molecule has 6 heteroatoms. The number of hydrogen-bond acceptors (Lipinski definition) is 4. The Morgan fingerprint density at radius 1 is 1.50 bits per heavy atom. The van der Waals surface area contributed by atoms with Gasteiger partial charge in [0.2, 0.25) is 0 Å². The first kappa shape index (κ1) is 11.8. The molecule has 0 aromatic carbocycles. The van der Waals surface area contributed by atoms with Gasteiger partial charge in [-0.1, -0.05) is 0 Å². The lowest BCUT2D eigenvalue weighted by atomic mass is 10.3. The van der Waals surface area contributed by atoms with Gasteiger partial charge < -0.3 is 4.90 Å².